The van der Waals surface area contributed by atoms with E-state index in [2.05, 4.69) is 15.4 Å². The van der Waals surface area contributed by atoms with E-state index in [1.165, 1.54) is 4.68 Å². The van der Waals surface area contributed by atoms with Crippen molar-refractivity contribution in [3.63, 3.8) is 0 Å². The van der Waals surface area contributed by atoms with Gasteiger partial charge in [-0.3, -0.25) is 4.79 Å². The fourth-order valence-corrected chi connectivity index (χ4v) is 2.00. The molecule has 6 nitrogen and oxygen atoms in total. The Morgan fingerprint density at radius 2 is 2.10 bits per heavy atom. The third-order valence-electron chi connectivity index (χ3n) is 2.83. The Hall–Kier alpha value is -2.39. The Bertz CT molecular complexity index is 684. The van der Waals surface area contributed by atoms with Crippen molar-refractivity contribution >= 4 is 29.0 Å². The molecule has 0 aliphatic rings. The number of rotatable bonds is 3. The van der Waals surface area contributed by atoms with E-state index in [9.17, 15) is 4.79 Å². The minimum Gasteiger partial charge on any atom is -0.304 e. The summed E-state index contributed by atoms with van der Waals surface area (Å²) in [6, 6.07) is 7.03. The number of hydrogen-bond acceptors (Lipinski definition) is 3. The van der Waals surface area contributed by atoms with Gasteiger partial charge in [0.25, 0.3) is 0 Å². The molecule has 0 saturated heterocycles. The lowest BCUT2D eigenvalue weighted by Gasteiger charge is -2.03. The van der Waals surface area contributed by atoms with Crippen molar-refractivity contribution in [1.82, 2.24) is 9.78 Å². The minimum atomic E-state index is -0.222. The zero-order valence-electron chi connectivity index (χ0n) is 11.1. The lowest BCUT2D eigenvalue weighted by atomic mass is 10.1. The highest BCUT2D eigenvalue weighted by Crippen LogP contribution is 2.28. The molecule has 102 valence electrons. The number of benzene rings is 1. The van der Waals surface area contributed by atoms with Gasteiger partial charge in [-0.25, -0.2) is 4.68 Å². The van der Waals surface area contributed by atoms with Crippen LogP contribution in [0.15, 0.2) is 24.3 Å². The molecule has 0 fully saturated rings. The van der Waals surface area contributed by atoms with Gasteiger partial charge in [0.1, 0.15) is 0 Å². The average Bonchev–Trinajstić information content (AvgIpc) is 2.66. The Labute approximate surface area is 121 Å². The van der Waals surface area contributed by atoms with E-state index in [-0.39, 0.29) is 18.0 Å². The van der Waals surface area contributed by atoms with Crippen molar-refractivity contribution in [2.75, 3.05) is 5.32 Å². The first-order valence-corrected chi connectivity index (χ1v) is 6.32. The van der Waals surface area contributed by atoms with Crippen LogP contribution in [0.4, 0.5) is 11.5 Å². The van der Waals surface area contributed by atoms with Crippen molar-refractivity contribution in [3.05, 3.63) is 45.5 Å². The summed E-state index contributed by atoms with van der Waals surface area (Å²) in [6.07, 6.45) is 0.201. The number of anilines is 1. The zero-order valence-corrected chi connectivity index (χ0v) is 11.8. The second-order valence-corrected chi connectivity index (χ2v) is 4.79. The molecular weight excluding hydrogens is 278 g/mol. The van der Waals surface area contributed by atoms with Crippen molar-refractivity contribution < 1.29 is 4.79 Å². The Morgan fingerprint density at radius 3 is 2.70 bits per heavy atom. The molecule has 1 N–H and O–H groups in total. The highest BCUT2D eigenvalue weighted by atomic mass is 35.5. The first-order chi connectivity index (χ1) is 9.51. The molecule has 1 aromatic heterocycles. The number of nitrogens with zero attached hydrogens (tertiary/aromatic N) is 4. The number of amides is 1. The molecule has 2 rings (SSSR count). The molecule has 0 aliphatic carbocycles. The third kappa shape index (κ3) is 2.95. The monoisotopic (exact) mass is 290 g/mol. The highest BCUT2D eigenvalue weighted by Gasteiger charge is 2.25. The van der Waals surface area contributed by atoms with E-state index in [1.807, 2.05) is 0 Å². The maximum Gasteiger partial charge on any atom is 0.449 e. The summed E-state index contributed by atoms with van der Waals surface area (Å²) in [4.78, 5) is 15.1. The Balaban J connectivity index is 2.13. The number of carbonyl (C=O) groups excluding carboxylic acids is 1. The van der Waals surface area contributed by atoms with Gasteiger partial charge in [0.2, 0.25) is 17.1 Å². The molecule has 7 heteroatoms. The number of diazo groups is 1. The van der Waals surface area contributed by atoms with Crippen molar-refractivity contribution in [3.8, 4) is 0 Å². The largest absolute Gasteiger partial charge is 0.449 e. The molecule has 1 amide bonds. The predicted octanol–water partition coefficient (Wildman–Crippen LogP) is 3.05. The summed E-state index contributed by atoms with van der Waals surface area (Å²) in [5, 5.41) is 16.3. The molecule has 1 heterocycles. The molecule has 0 saturated carbocycles. The highest BCUT2D eigenvalue weighted by molar-refractivity contribution is 6.30. The van der Waals surface area contributed by atoms with Gasteiger partial charge in [-0.05, 0) is 24.6 Å². The lowest BCUT2D eigenvalue weighted by Crippen LogP contribution is -2.16. The zero-order chi connectivity index (χ0) is 14.7. The van der Waals surface area contributed by atoms with Gasteiger partial charge < -0.3 is 5.32 Å². The van der Waals surface area contributed by atoms with E-state index < -0.39 is 0 Å². The van der Waals surface area contributed by atoms with E-state index in [4.69, 9.17) is 17.0 Å². The number of carbonyl (C=O) groups is 1. The lowest BCUT2D eigenvalue weighted by molar-refractivity contribution is -0.115. The topological polar surface area (TPSA) is 75.1 Å². The van der Waals surface area contributed by atoms with Crippen LogP contribution in [-0.4, -0.2) is 15.7 Å². The molecule has 1 aromatic carbocycles. The van der Waals surface area contributed by atoms with Crippen LogP contribution in [0.5, 0.6) is 0 Å². The molecule has 0 atom stereocenters. The maximum atomic E-state index is 12.0. The standard InChI is InChI=1S/C13H12ClN5O/c1-8-12(17-15)13(19(2)18-8)16-11(20)7-9-3-5-10(14)6-4-9/h3-6H,7H2,1-2H3/p+1. The van der Waals surface area contributed by atoms with Gasteiger partial charge >= 0.3 is 5.69 Å². The summed E-state index contributed by atoms with van der Waals surface area (Å²) >= 11 is 5.79. The number of hydrogen-bond donors (Lipinski definition) is 1. The fourth-order valence-electron chi connectivity index (χ4n) is 1.87. The van der Waals surface area contributed by atoms with E-state index in [0.29, 0.717) is 16.5 Å². The number of halogens is 1. The van der Waals surface area contributed by atoms with Crippen LogP contribution in [0, 0.1) is 12.3 Å². The molecule has 0 spiro atoms. The van der Waals surface area contributed by atoms with Gasteiger partial charge in [0.05, 0.1) is 6.42 Å². The van der Waals surface area contributed by atoms with Crippen LogP contribution in [0.1, 0.15) is 11.3 Å². The molecule has 20 heavy (non-hydrogen) atoms. The molecule has 2 aromatic rings. The van der Waals surface area contributed by atoms with Crippen LogP contribution in [-0.2, 0) is 18.3 Å². The van der Waals surface area contributed by atoms with Crippen molar-refractivity contribution in [2.24, 2.45) is 7.05 Å². The van der Waals surface area contributed by atoms with Crippen molar-refractivity contribution in [1.29, 1.82) is 5.39 Å². The first-order valence-electron chi connectivity index (χ1n) is 5.94. The molecule has 0 unspecified atom stereocenters. The molecule has 0 aliphatic heterocycles. The van der Waals surface area contributed by atoms with Gasteiger partial charge in [-0.15, -0.1) is 0 Å². The van der Waals surface area contributed by atoms with Crippen LogP contribution in [0.3, 0.4) is 0 Å². The Kier molecular flexibility index (Phi) is 4.01. The van der Waals surface area contributed by atoms with E-state index in [0.717, 1.165) is 5.56 Å². The quantitative estimate of drug-likeness (QED) is 0.883. The third-order valence-corrected chi connectivity index (χ3v) is 3.08. The normalized spacial score (nSPS) is 10.1. The molecule has 0 bridgehead atoms. The summed E-state index contributed by atoms with van der Waals surface area (Å²) in [5.74, 6) is 0.143. The summed E-state index contributed by atoms with van der Waals surface area (Å²) < 4.78 is 1.46. The Morgan fingerprint density at radius 1 is 1.45 bits per heavy atom. The van der Waals surface area contributed by atoms with Gasteiger partial charge in [-0.1, -0.05) is 23.7 Å². The predicted molar refractivity (Wildman–Crippen MR) is 76.5 cm³/mol. The molecular formula is C13H13ClN5O+. The number of aryl methyl sites for hydroxylation is 2. The number of nitrogens with one attached hydrogen (secondary N) is 1. The van der Waals surface area contributed by atoms with Crippen molar-refractivity contribution in [2.45, 2.75) is 13.3 Å². The average molecular weight is 291 g/mol. The first kappa shape index (κ1) is 14.0. The smallest absolute Gasteiger partial charge is 0.304 e. The van der Waals surface area contributed by atoms with Crippen LogP contribution < -0.4 is 5.32 Å². The van der Waals surface area contributed by atoms with Crippen LogP contribution in [0.25, 0.3) is 4.98 Å². The molecule has 0 radical (unpaired) electrons. The van der Waals surface area contributed by atoms with E-state index in [1.54, 1.807) is 38.2 Å². The SMILES string of the molecule is Cc1nn(C)c(NC(=O)Cc2ccc(Cl)cc2)c1[N+]#N. The minimum absolute atomic E-state index is 0.201. The second kappa shape index (κ2) is 5.72. The fraction of sp³-hybridized carbons (Fsp3) is 0.231. The second-order valence-electron chi connectivity index (χ2n) is 4.36. The summed E-state index contributed by atoms with van der Waals surface area (Å²) in [7, 11) is 1.67. The van der Waals surface area contributed by atoms with Gasteiger partial charge in [0.15, 0.2) is 10.7 Å². The summed E-state index contributed by atoms with van der Waals surface area (Å²) in [6.45, 7) is 1.70. The maximum absolute atomic E-state index is 12.0. The van der Waals surface area contributed by atoms with Crippen LogP contribution >= 0.6 is 11.6 Å². The van der Waals surface area contributed by atoms with E-state index >= 15 is 0 Å². The van der Waals surface area contributed by atoms with Gasteiger partial charge in [-0.2, -0.15) is 5.10 Å². The number of aromatic nitrogens is 2. The van der Waals surface area contributed by atoms with Gasteiger partial charge in [0, 0.05) is 12.1 Å². The van der Waals surface area contributed by atoms with Crippen LogP contribution in [0.2, 0.25) is 5.02 Å². The summed E-state index contributed by atoms with van der Waals surface area (Å²) in [5.41, 5.74) is 1.64.